The molecule has 4 heteroatoms. The summed E-state index contributed by atoms with van der Waals surface area (Å²) in [5.74, 6) is 0.690. The predicted octanol–water partition coefficient (Wildman–Crippen LogP) is 3.84. The van der Waals surface area contributed by atoms with E-state index in [1.165, 1.54) is 0 Å². The number of hydrogen-bond acceptors (Lipinski definition) is 3. The van der Waals surface area contributed by atoms with E-state index in [1.807, 2.05) is 66.4 Å². The molecular weight excluding hydrogens is 312 g/mol. The van der Waals surface area contributed by atoms with Crippen LogP contribution in [0.5, 0.6) is 5.88 Å². The van der Waals surface area contributed by atoms with E-state index in [4.69, 9.17) is 4.74 Å². The molecule has 1 amide bonds. The highest BCUT2D eigenvalue weighted by molar-refractivity contribution is 6.07. The molecule has 0 spiro atoms. The van der Waals surface area contributed by atoms with Crippen molar-refractivity contribution in [3.63, 3.8) is 0 Å². The van der Waals surface area contributed by atoms with Gasteiger partial charge in [0.05, 0.1) is 6.54 Å². The van der Waals surface area contributed by atoms with Crippen molar-refractivity contribution in [3.05, 3.63) is 71.9 Å². The lowest BCUT2D eigenvalue weighted by Gasteiger charge is -2.18. The van der Waals surface area contributed by atoms with Crippen LogP contribution in [0.2, 0.25) is 0 Å². The zero-order valence-electron chi connectivity index (χ0n) is 14.2. The summed E-state index contributed by atoms with van der Waals surface area (Å²) in [6.45, 7) is 3.30. The van der Waals surface area contributed by atoms with Gasteiger partial charge in [-0.05, 0) is 29.3 Å². The van der Waals surface area contributed by atoms with Crippen LogP contribution < -0.4 is 4.74 Å². The Morgan fingerprint density at radius 3 is 2.80 bits per heavy atom. The average Bonchev–Trinajstić information content (AvgIpc) is 3.11. The second kappa shape index (κ2) is 6.55. The van der Waals surface area contributed by atoms with Crippen molar-refractivity contribution in [2.75, 3.05) is 13.1 Å². The van der Waals surface area contributed by atoms with Crippen molar-refractivity contribution in [2.45, 2.75) is 19.4 Å². The first-order valence-corrected chi connectivity index (χ1v) is 8.57. The summed E-state index contributed by atoms with van der Waals surface area (Å²) in [5.41, 5.74) is 1.86. The van der Waals surface area contributed by atoms with Gasteiger partial charge in [-0.1, -0.05) is 42.5 Å². The molecule has 4 nitrogen and oxygen atoms in total. The Balaban J connectivity index is 1.49. The largest absolute Gasteiger partial charge is 0.472 e. The molecule has 0 bridgehead atoms. The van der Waals surface area contributed by atoms with Gasteiger partial charge in [-0.15, -0.1) is 0 Å². The second-order valence-electron chi connectivity index (χ2n) is 6.48. The number of fused-ring (bicyclic) bond motifs is 1. The van der Waals surface area contributed by atoms with Gasteiger partial charge in [-0.2, -0.15) is 0 Å². The van der Waals surface area contributed by atoms with Gasteiger partial charge in [0, 0.05) is 30.8 Å². The lowest BCUT2D eigenvalue weighted by molar-refractivity contribution is 0.0773. The zero-order chi connectivity index (χ0) is 17.2. The van der Waals surface area contributed by atoms with Crippen molar-refractivity contribution in [1.29, 1.82) is 0 Å². The van der Waals surface area contributed by atoms with Gasteiger partial charge < -0.3 is 9.64 Å². The number of aromatic nitrogens is 1. The van der Waals surface area contributed by atoms with Crippen LogP contribution in [0.3, 0.4) is 0 Å². The molecule has 0 saturated carbocycles. The van der Waals surface area contributed by atoms with Gasteiger partial charge in [-0.3, -0.25) is 4.79 Å². The molecule has 1 atom stereocenters. The molecular formula is C21H20N2O2. The van der Waals surface area contributed by atoms with Gasteiger partial charge in [0.15, 0.2) is 0 Å². The average molecular weight is 332 g/mol. The minimum Gasteiger partial charge on any atom is -0.472 e. The van der Waals surface area contributed by atoms with E-state index in [-0.39, 0.29) is 12.0 Å². The summed E-state index contributed by atoms with van der Waals surface area (Å²) < 4.78 is 5.93. The Bertz CT molecular complexity index is 900. The molecule has 0 aliphatic carbocycles. The summed E-state index contributed by atoms with van der Waals surface area (Å²) in [6.07, 6.45) is 2.61. The smallest absolute Gasteiger partial charge is 0.254 e. The first-order chi connectivity index (χ1) is 12.2. The number of likely N-dealkylation sites (tertiary alicyclic amines) is 1. The van der Waals surface area contributed by atoms with Crippen molar-refractivity contribution >= 4 is 16.7 Å². The molecule has 1 aliphatic rings. The van der Waals surface area contributed by atoms with Crippen LogP contribution in [-0.4, -0.2) is 35.0 Å². The molecule has 1 fully saturated rings. The van der Waals surface area contributed by atoms with E-state index in [2.05, 4.69) is 4.98 Å². The van der Waals surface area contributed by atoms with Gasteiger partial charge in [-0.25, -0.2) is 4.98 Å². The summed E-state index contributed by atoms with van der Waals surface area (Å²) in [7, 11) is 0. The van der Waals surface area contributed by atoms with Crippen molar-refractivity contribution in [2.24, 2.45) is 0 Å². The Labute approximate surface area is 147 Å². The molecule has 4 rings (SSSR count). The van der Waals surface area contributed by atoms with Crippen LogP contribution in [0.4, 0.5) is 0 Å². The Morgan fingerprint density at radius 1 is 1.12 bits per heavy atom. The highest BCUT2D eigenvalue weighted by Gasteiger charge is 2.29. The van der Waals surface area contributed by atoms with Crippen LogP contribution in [-0.2, 0) is 0 Å². The molecule has 1 unspecified atom stereocenters. The number of carbonyl (C=O) groups excluding carboxylic acids is 1. The number of carbonyl (C=O) groups is 1. The Morgan fingerprint density at radius 2 is 1.96 bits per heavy atom. The molecule has 1 saturated heterocycles. The first-order valence-electron chi connectivity index (χ1n) is 8.57. The van der Waals surface area contributed by atoms with E-state index < -0.39 is 0 Å². The van der Waals surface area contributed by atoms with Gasteiger partial charge in [0.25, 0.3) is 5.91 Å². The first kappa shape index (κ1) is 15.6. The third kappa shape index (κ3) is 3.20. The third-order valence-electron chi connectivity index (χ3n) is 4.62. The molecule has 126 valence electrons. The minimum absolute atomic E-state index is 0.00543. The maximum Gasteiger partial charge on any atom is 0.254 e. The summed E-state index contributed by atoms with van der Waals surface area (Å²) in [4.78, 5) is 19.1. The second-order valence-corrected chi connectivity index (χ2v) is 6.48. The number of aryl methyl sites for hydroxylation is 1. The van der Waals surface area contributed by atoms with Crippen LogP contribution in [0.25, 0.3) is 10.8 Å². The van der Waals surface area contributed by atoms with Crippen molar-refractivity contribution in [3.8, 4) is 5.88 Å². The number of amides is 1. The van der Waals surface area contributed by atoms with E-state index >= 15 is 0 Å². The number of nitrogens with zero attached hydrogens (tertiary/aromatic N) is 2. The van der Waals surface area contributed by atoms with E-state index in [9.17, 15) is 4.79 Å². The molecule has 1 aliphatic heterocycles. The normalized spacial score (nSPS) is 17.0. The van der Waals surface area contributed by atoms with Crippen LogP contribution in [0.15, 0.2) is 60.8 Å². The van der Waals surface area contributed by atoms with Crippen molar-refractivity contribution < 1.29 is 9.53 Å². The summed E-state index contributed by atoms with van der Waals surface area (Å²) in [6, 6.07) is 17.7. The van der Waals surface area contributed by atoms with Crippen LogP contribution >= 0.6 is 0 Å². The fraction of sp³-hybridized carbons (Fsp3) is 0.238. The fourth-order valence-corrected chi connectivity index (χ4v) is 3.29. The van der Waals surface area contributed by atoms with Crippen molar-refractivity contribution in [1.82, 2.24) is 9.88 Å². The van der Waals surface area contributed by atoms with Gasteiger partial charge in [0.1, 0.15) is 6.10 Å². The molecule has 2 aromatic carbocycles. The maximum atomic E-state index is 13.0. The highest BCUT2D eigenvalue weighted by Crippen LogP contribution is 2.23. The molecule has 0 N–H and O–H groups in total. The quantitative estimate of drug-likeness (QED) is 0.732. The number of pyridine rings is 1. The summed E-state index contributed by atoms with van der Waals surface area (Å²) in [5, 5.41) is 2.09. The molecule has 1 aromatic heterocycles. The predicted molar refractivity (Wildman–Crippen MR) is 97.9 cm³/mol. The van der Waals surface area contributed by atoms with E-state index in [1.54, 1.807) is 6.20 Å². The highest BCUT2D eigenvalue weighted by atomic mass is 16.5. The Hall–Kier alpha value is -2.88. The minimum atomic E-state index is -0.00543. The van der Waals surface area contributed by atoms with Crippen LogP contribution in [0.1, 0.15) is 22.3 Å². The monoisotopic (exact) mass is 332 g/mol. The van der Waals surface area contributed by atoms with Crippen LogP contribution in [0, 0.1) is 6.92 Å². The topological polar surface area (TPSA) is 42.4 Å². The maximum absolute atomic E-state index is 13.0. The molecule has 3 aromatic rings. The molecule has 0 radical (unpaired) electrons. The molecule has 25 heavy (non-hydrogen) atoms. The third-order valence-corrected chi connectivity index (χ3v) is 4.62. The number of benzene rings is 2. The number of hydrogen-bond donors (Lipinski definition) is 0. The number of rotatable bonds is 3. The van der Waals surface area contributed by atoms with Gasteiger partial charge >= 0.3 is 0 Å². The Kier molecular flexibility index (Phi) is 4.10. The number of ether oxygens (including phenoxy) is 1. The van der Waals surface area contributed by atoms with Gasteiger partial charge in [0.2, 0.25) is 5.88 Å². The molecule has 2 heterocycles. The van der Waals surface area contributed by atoms with E-state index in [0.29, 0.717) is 19.0 Å². The standard InChI is InChI=1S/C21H20N2O2/c1-15-9-10-20(22-13-15)25-17-11-12-23(14-17)21(24)19-8-4-6-16-5-2-3-7-18(16)19/h2-10,13,17H,11-12,14H2,1H3. The fourth-order valence-electron chi connectivity index (χ4n) is 3.29. The SMILES string of the molecule is Cc1ccc(OC2CCN(C(=O)c3cccc4ccccc34)C2)nc1. The zero-order valence-corrected chi connectivity index (χ0v) is 14.2. The lowest BCUT2D eigenvalue weighted by atomic mass is 10.0. The summed E-state index contributed by atoms with van der Waals surface area (Å²) >= 11 is 0. The van der Waals surface area contributed by atoms with E-state index in [0.717, 1.165) is 28.3 Å². The lowest BCUT2D eigenvalue weighted by Crippen LogP contribution is -2.31.